The summed E-state index contributed by atoms with van der Waals surface area (Å²) < 4.78 is 0.841. The van der Waals surface area contributed by atoms with Gasteiger partial charge >= 0.3 is 11.9 Å². The summed E-state index contributed by atoms with van der Waals surface area (Å²) in [6.45, 7) is 0.620. The first-order chi connectivity index (χ1) is 12.2. The number of benzene rings is 1. The standard InChI is InChI=1S/C16H24NO.C4H4O4/c1-17(2,15-11-7-4-8-12-15)13-16(18)14-9-5-3-6-10-14;5-3(6)1-2-4(7)8/h3,5-6,9-10,15H,4,7-8,11-13H2,1-2H3;1-2H,(H,5,6)(H,7,8)/q+1;/b;2-1-. The molecular weight excluding hydrogens is 334 g/mol. The van der Waals surface area contributed by atoms with Gasteiger partial charge < -0.3 is 14.7 Å². The molecule has 0 radical (unpaired) electrons. The normalized spacial score (nSPS) is 15.2. The summed E-state index contributed by atoms with van der Waals surface area (Å²) in [7, 11) is 4.41. The monoisotopic (exact) mass is 362 g/mol. The van der Waals surface area contributed by atoms with Crippen molar-refractivity contribution >= 4 is 17.7 Å². The molecule has 0 saturated heterocycles. The highest BCUT2D eigenvalue weighted by Crippen LogP contribution is 2.25. The van der Waals surface area contributed by atoms with Crippen molar-refractivity contribution in [2.45, 2.75) is 38.1 Å². The predicted octanol–water partition coefficient (Wildman–Crippen LogP) is 2.99. The highest BCUT2D eigenvalue weighted by atomic mass is 16.4. The molecule has 1 aromatic rings. The van der Waals surface area contributed by atoms with Crippen molar-refractivity contribution in [3.8, 4) is 0 Å². The van der Waals surface area contributed by atoms with Gasteiger partial charge in [-0.3, -0.25) is 4.79 Å². The molecule has 0 aromatic heterocycles. The molecule has 1 aliphatic rings. The Balaban J connectivity index is 0.000000359. The maximum Gasteiger partial charge on any atom is 0.328 e. The van der Waals surface area contributed by atoms with E-state index in [1.165, 1.54) is 32.1 Å². The van der Waals surface area contributed by atoms with Crippen LogP contribution in [0, 0.1) is 0 Å². The number of rotatable bonds is 6. The molecular formula is C20H28NO5+. The van der Waals surface area contributed by atoms with Crippen LogP contribution in [0.3, 0.4) is 0 Å². The molecule has 6 nitrogen and oxygen atoms in total. The summed E-state index contributed by atoms with van der Waals surface area (Å²) in [6.07, 6.45) is 7.68. The molecule has 1 fully saturated rings. The summed E-state index contributed by atoms with van der Waals surface area (Å²) in [6, 6.07) is 10.3. The van der Waals surface area contributed by atoms with Gasteiger partial charge in [0.15, 0.2) is 0 Å². The van der Waals surface area contributed by atoms with Gasteiger partial charge in [0.25, 0.3) is 0 Å². The molecule has 2 N–H and O–H groups in total. The van der Waals surface area contributed by atoms with Gasteiger partial charge in [0.05, 0.1) is 20.1 Å². The molecule has 0 unspecified atom stereocenters. The van der Waals surface area contributed by atoms with Crippen molar-refractivity contribution in [3.05, 3.63) is 48.0 Å². The van der Waals surface area contributed by atoms with Crippen molar-refractivity contribution in [2.24, 2.45) is 0 Å². The summed E-state index contributed by atoms with van der Waals surface area (Å²) in [4.78, 5) is 31.4. The number of ketones is 1. The van der Waals surface area contributed by atoms with Crippen LogP contribution in [0.1, 0.15) is 42.5 Å². The summed E-state index contributed by atoms with van der Waals surface area (Å²) in [5, 5.41) is 15.6. The quantitative estimate of drug-likeness (QED) is 0.461. The van der Waals surface area contributed by atoms with Crippen LogP contribution < -0.4 is 0 Å². The van der Waals surface area contributed by atoms with Gasteiger partial charge in [-0.1, -0.05) is 36.8 Å². The molecule has 142 valence electrons. The Morgan fingerprint density at radius 3 is 1.92 bits per heavy atom. The van der Waals surface area contributed by atoms with Crippen LogP contribution in [0.2, 0.25) is 0 Å². The molecule has 26 heavy (non-hydrogen) atoms. The average Bonchev–Trinajstić information content (AvgIpc) is 2.62. The van der Waals surface area contributed by atoms with Crippen LogP contribution in [0.25, 0.3) is 0 Å². The zero-order valence-electron chi connectivity index (χ0n) is 15.4. The maximum atomic E-state index is 12.3. The highest BCUT2D eigenvalue weighted by molar-refractivity contribution is 5.96. The molecule has 0 atom stereocenters. The van der Waals surface area contributed by atoms with Crippen molar-refractivity contribution in [2.75, 3.05) is 20.6 Å². The number of carboxylic acid groups (broad SMARTS) is 2. The Bertz CT molecular complexity index is 615. The number of quaternary nitrogens is 1. The number of Topliss-reactive ketones (excluding diaryl/α,β-unsaturated/α-hetero) is 1. The van der Waals surface area contributed by atoms with Gasteiger partial charge in [0.1, 0.15) is 6.54 Å². The number of carbonyl (C=O) groups excluding carboxylic acids is 1. The van der Waals surface area contributed by atoms with E-state index in [0.29, 0.717) is 24.7 Å². The Kier molecular flexibility index (Phi) is 8.72. The van der Waals surface area contributed by atoms with Crippen molar-refractivity contribution < 1.29 is 29.1 Å². The molecule has 0 spiro atoms. The van der Waals surface area contributed by atoms with E-state index < -0.39 is 11.9 Å². The topological polar surface area (TPSA) is 91.7 Å². The first-order valence-electron chi connectivity index (χ1n) is 8.77. The third-order valence-electron chi connectivity index (χ3n) is 4.58. The lowest BCUT2D eigenvalue weighted by Gasteiger charge is -2.39. The number of likely N-dealkylation sites (N-methyl/N-ethyl adjacent to an activating group) is 1. The SMILES string of the molecule is C[N+](C)(CC(=O)c1ccccc1)C1CCCCC1.O=C(O)/C=C\C(=O)O. The maximum absolute atomic E-state index is 12.3. The second kappa shape index (κ2) is 10.5. The fourth-order valence-corrected chi connectivity index (χ4v) is 3.14. The molecule has 0 bridgehead atoms. The minimum Gasteiger partial charge on any atom is -0.478 e. The van der Waals surface area contributed by atoms with E-state index in [2.05, 4.69) is 14.1 Å². The number of hydrogen-bond donors (Lipinski definition) is 2. The second-order valence-electron chi connectivity index (χ2n) is 7.03. The smallest absolute Gasteiger partial charge is 0.328 e. The van der Waals surface area contributed by atoms with E-state index >= 15 is 0 Å². The Labute approximate surface area is 154 Å². The molecule has 1 saturated carbocycles. The molecule has 1 aliphatic carbocycles. The first-order valence-corrected chi connectivity index (χ1v) is 8.77. The molecule has 0 amide bonds. The molecule has 6 heteroatoms. The zero-order valence-corrected chi connectivity index (χ0v) is 15.4. The fourth-order valence-electron chi connectivity index (χ4n) is 3.14. The zero-order chi connectivity index (χ0) is 19.6. The van der Waals surface area contributed by atoms with Crippen LogP contribution in [0.4, 0.5) is 0 Å². The van der Waals surface area contributed by atoms with Gasteiger partial charge in [0.2, 0.25) is 5.78 Å². The van der Waals surface area contributed by atoms with E-state index in [9.17, 15) is 14.4 Å². The summed E-state index contributed by atoms with van der Waals surface area (Å²) >= 11 is 0. The second-order valence-corrected chi connectivity index (χ2v) is 7.03. The van der Waals surface area contributed by atoms with E-state index in [1.54, 1.807) is 0 Å². The molecule has 0 aliphatic heterocycles. The largest absolute Gasteiger partial charge is 0.478 e. The fraction of sp³-hybridized carbons (Fsp3) is 0.450. The van der Waals surface area contributed by atoms with Gasteiger partial charge in [-0.15, -0.1) is 0 Å². The predicted molar refractivity (Wildman–Crippen MR) is 99.0 cm³/mol. The van der Waals surface area contributed by atoms with Crippen LogP contribution in [-0.2, 0) is 9.59 Å². The lowest BCUT2D eigenvalue weighted by Crippen LogP contribution is -2.52. The van der Waals surface area contributed by atoms with E-state index in [-0.39, 0.29) is 5.78 Å². The minimum absolute atomic E-state index is 0.270. The van der Waals surface area contributed by atoms with Gasteiger partial charge in [-0.05, 0) is 25.7 Å². The lowest BCUT2D eigenvalue weighted by molar-refractivity contribution is -0.908. The van der Waals surface area contributed by atoms with Crippen molar-refractivity contribution in [3.63, 3.8) is 0 Å². The van der Waals surface area contributed by atoms with Gasteiger partial charge in [0, 0.05) is 17.7 Å². The number of nitrogens with zero attached hydrogens (tertiary/aromatic N) is 1. The number of hydrogen-bond acceptors (Lipinski definition) is 3. The van der Waals surface area contributed by atoms with E-state index in [4.69, 9.17) is 10.2 Å². The number of carbonyl (C=O) groups is 3. The number of carboxylic acids is 2. The van der Waals surface area contributed by atoms with Gasteiger partial charge in [-0.25, -0.2) is 9.59 Å². The van der Waals surface area contributed by atoms with Gasteiger partial charge in [-0.2, -0.15) is 0 Å². The van der Waals surface area contributed by atoms with Crippen LogP contribution in [0.15, 0.2) is 42.5 Å². The third kappa shape index (κ3) is 8.07. The average molecular weight is 362 g/mol. The van der Waals surface area contributed by atoms with Crippen LogP contribution >= 0.6 is 0 Å². The number of aliphatic carboxylic acids is 2. The summed E-state index contributed by atoms with van der Waals surface area (Å²) in [5.41, 5.74) is 0.847. The van der Waals surface area contributed by atoms with Crippen LogP contribution in [0.5, 0.6) is 0 Å². The van der Waals surface area contributed by atoms with Crippen molar-refractivity contribution in [1.29, 1.82) is 0 Å². The Hall–Kier alpha value is -2.47. The lowest BCUT2D eigenvalue weighted by atomic mass is 9.92. The Morgan fingerprint density at radius 1 is 0.962 bits per heavy atom. The van der Waals surface area contributed by atoms with E-state index in [0.717, 1.165) is 10.0 Å². The highest BCUT2D eigenvalue weighted by Gasteiger charge is 2.31. The molecule has 0 heterocycles. The van der Waals surface area contributed by atoms with E-state index in [1.807, 2.05) is 30.3 Å². The summed E-state index contributed by atoms with van der Waals surface area (Å²) in [5.74, 6) is -2.24. The first kappa shape index (κ1) is 21.6. The van der Waals surface area contributed by atoms with Crippen molar-refractivity contribution in [1.82, 2.24) is 0 Å². The minimum atomic E-state index is -1.26. The molecule has 1 aromatic carbocycles. The molecule has 2 rings (SSSR count). The third-order valence-corrected chi connectivity index (χ3v) is 4.58. The Morgan fingerprint density at radius 2 is 1.46 bits per heavy atom. The van der Waals surface area contributed by atoms with Crippen LogP contribution in [-0.4, -0.2) is 59.1 Å².